The normalized spacial score (nSPS) is 15.4. The molecule has 0 radical (unpaired) electrons. The van der Waals surface area contributed by atoms with Gasteiger partial charge in [0.15, 0.2) is 0 Å². The fraction of sp³-hybridized carbons (Fsp3) is 1.00. The Morgan fingerprint density at radius 2 is 1.08 bits per heavy atom. The molecule has 2 unspecified atom stereocenters. The van der Waals surface area contributed by atoms with Crippen molar-refractivity contribution in [1.29, 1.82) is 0 Å². The Morgan fingerprint density at radius 1 is 0.692 bits per heavy atom. The van der Waals surface area contributed by atoms with Crippen LogP contribution in [0.25, 0.3) is 0 Å². The van der Waals surface area contributed by atoms with Crippen LogP contribution in [0.3, 0.4) is 0 Å². The molecule has 0 aromatic carbocycles. The fourth-order valence-corrected chi connectivity index (χ4v) is 4.66. The third kappa shape index (κ3) is 17.7. The van der Waals surface area contributed by atoms with Gasteiger partial charge in [0.05, 0.1) is 19.4 Å². The van der Waals surface area contributed by atoms with Crippen LogP contribution in [0, 0.1) is 93.5 Å². The van der Waals surface area contributed by atoms with Gasteiger partial charge in [0.25, 0.3) is 0 Å². The third-order valence-corrected chi connectivity index (χ3v) is 6.83. The van der Waals surface area contributed by atoms with Crippen molar-refractivity contribution in [3.8, 4) is 0 Å². The van der Waals surface area contributed by atoms with Crippen LogP contribution in [0.5, 0.6) is 0 Å². The smallest absolute Gasteiger partial charge is 0.308 e. The average Bonchev–Trinajstić information content (AvgIpc) is 2.60. The first kappa shape index (κ1) is 33.5. The standard InChI is InChI=1S/C20H43O3P.2Nd/c1-6-11-14-19(9-4)17-22-24(21,16-13-8-3)23-18-20(10-5)15-12-7-2;;/h19-20H,6-18H2,1-5H3;;. The van der Waals surface area contributed by atoms with Gasteiger partial charge >= 0.3 is 7.60 Å². The van der Waals surface area contributed by atoms with Crippen molar-refractivity contribution >= 4 is 7.60 Å². The fourth-order valence-electron chi connectivity index (χ4n) is 2.75. The molecule has 26 heavy (non-hydrogen) atoms. The molecule has 0 fully saturated rings. The molecule has 0 rings (SSSR count). The molecule has 0 saturated carbocycles. The molecule has 6 heteroatoms. The van der Waals surface area contributed by atoms with Gasteiger partial charge in [-0.05, 0) is 31.1 Å². The van der Waals surface area contributed by atoms with Crippen LogP contribution in [-0.2, 0) is 13.6 Å². The Labute approximate surface area is 229 Å². The molecule has 0 heterocycles. The molecule has 0 spiro atoms. The first-order valence-electron chi connectivity index (χ1n) is 10.4. The van der Waals surface area contributed by atoms with Crippen molar-refractivity contribution in [3.05, 3.63) is 0 Å². The number of unbranched alkanes of at least 4 members (excludes halogenated alkanes) is 3. The van der Waals surface area contributed by atoms with Crippen LogP contribution in [-0.4, -0.2) is 19.4 Å². The summed E-state index contributed by atoms with van der Waals surface area (Å²) in [6, 6.07) is 0. The monoisotopic (exact) mass is 646 g/mol. The van der Waals surface area contributed by atoms with Crippen molar-refractivity contribution in [1.82, 2.24) is 0 Å². The van der Waals surface area contributed by atoms with E-state index in [4.69, 9.17) is 9.05 Å². The van der Waals surface area contributed by atoms with Crippen LogP contribution in [0.15, 0.2) is 0 Å². The zero-order valence-electron chi connectivity index (χ0n) is 18.0. The molecule has 0 aliphatic carbocycles. The molecule has 0 aromatic rings. The molecule has 0 amide bonds. The van der Waals surface area contributed by atoms with E-state index in [1.807, 2.05) is 0 Å². The van der Waals surface area contributed by atoms with E-state index < -0.39 is 7.60 Å². The van der Waals surface area contributed by atoms with Gasteiger partial charge in [-0.25, -0.2) is 0 Å². The first-order valence-corrected chi connectivity index (χ1v) is 12.2. The second-order valence-corrected chi connectivity index (χ2v) is 9.30. The van der Waals surface area contributed by atoms with Crippen molar-refractivity contribution < 1.29 is 95.3 Å². The number of hydrogen-bond acceptors (Lipinski definition) is 3. The second-order valence-electron chi connectivity index (χ2n) is 7.11. The molecular weight excluding hydrogens is 608 g/mol. The largest absolute Gasteiger partial charge is 0.330 e. The maximum absolute atomic E-state index is 13.1. The summed E-state index contributed by atoms with van der Waals surface area (Å²) < 4.78 is 24.9. The van der Waals surface area contributed by atoms with Crippen LogP contribution < -0.4 is 0 Å². The van der Waals surface area contributed by atoms with Crippen molar-refractivity contribution in [2.75, 3.05) is 19.4 Å². The predicted molar refractivity (Wildman–Crippen MR) is 106 cm³/mol. The van der Waals surface area contributed by atoms with Gasteiger partial charge in [-0.1, -0.05) is 79.6 Å². The Bertz CT molecular complexity index is 306. The zero-order chi connectivity index (χ0) is 18.3. The summed E-state index contributed by atoms with van der Waals surface area (Å²) in [6.45, 7) is 12.1. The summed E-state index contributed by atoms with van der Waals surface area (Å²) >= 11 is 0. The zero-order valence-corrected chi connectivity index (χ0v) is 25.3. The third-order valence-electron chi connectivity index (χ3n) is 4.89. The summed E-state index contributed by atoms with van der Waals surface area (Å²) in [4.78, 5) is 0. The molecule has 0 aliphatic heterocycles. The molecule has 0 saturated heterocycles. The molecule has 0 aliphatic rings. The van der Waals surface area contributed by atoms with Crippen molar-refractivity contribution in [3.63, 3.8) is 0 Å². The minimum atomic E-state index is -2.93. The summed E-state index contributed by atoms with van der Waals surface area (Å²) in [5.74, 6) is 1.01. The Hall–Kier alpha value is 2.85. The Morgan fingerprint density at radius 3 is 1.38 bits per heavy atom. The van der Waals surface area contributed by atoms with E-state index in [0.717, 1.165) is 38.5 Å². The van der Waals surface area contributed by atoms with Gasteiger partial charge in [0.1, 0.15) is 0 Å². The van der Waals surface area contributed by atoms with Gasteiger partial charge < -0.3 is 9.05 Å². The average molecular weight is 651 g/mol. The van der Waals surface area contributed by atoms with E-state index >= 15 is 0 Å². The Kier molecular flexibility index (Phi) is 29.0. The van der Waals surface area contributed by atoms with E-state index in [0.29, 0.717) is 31.2 Å². The summed E-state index contributed by atoms with van der Waals surface area (Å²) in [5.41, 5.74) is 0. The quantitative estimate of drug-likeness (QED) is 0.154. The number of hydrogen-bond donors (Lipinski definition) is 0. The van der Waals surface area contributed by atoms with E-state index in [1.54, 1.807) is 0 Å². The van der Waals surface area contributed by atoms with Crippen LogP contribution in [0.4, 0.5) is 0 Å². The van der Waals surface area contributed by atoms with Gasteiger partial charge in [0, 0.05) is 81.7 Å². The van der Waals surface area contributed by atoms with Gasteiger partial charge in [-0.15, -0.1) is 0 Å². The van der Waals surface area contributed by atoms with Crippen LogP contribution >= 0.6 is 7.60 Å². The summed E-state index contributed by atoms with van der Waals surface area (Å²) in [7, 11) is -2.93. The minimum absolute atomic E-state index is 0. The van der Waals surface area contributed by atoms with E-state index in [-0.39, 0.29) is 81.7 Å². The molecule has 154 valence electrons. The van der Waals surface area contributed by atoms with Gasteiger partial charge in [-0.3, -0.25) is 4.57 Å². The van der Waals surface area contributed by atoms with E-state index in [9.17, 15) is 4.57 Å². The van der Waals surface area contributed by atoms with Gasteiger partial charge in [-0.2, -0.15) is 0 Å². The molecule has 0 N–H and O–H groups in total. The van der Waals surface area contributed by atoms with Crippen LogP contribution in [0.1, 0.15) is 98.8 Å². The predicted octanol–water partition coefficient (Wildman–Crippen LogP) is 7.45. The van der Waals surface area contributed by atoms with Crippen molar-refractivity contribution in [2.45, 2.75) is 98.8 Å². The Balaban J connectivity index is -0.00000264. The maximum atomic E-state index is 13.1. The molecule has 0 aromatic heterocycles. The minimum Gasteiger partial charge on any atom is -0.308 e. The maximum Gasteiger partial charge on any atom is 0.330 e. The SMILES string of the molecule is CCCCC(CC)COP(=O)(CCCC)OCC(CC)CCCC.[Nd].[Nd]. The van der Waals surface area contributed by atoms with E-state index in [1.165, 1.54) is 25.7 Å². The summed E-state index contributed by atoms with van der Waals surface area (Å²) in [5, 5.41) is 0. The number of rotatable bonds is 17. The van der Waals surface area contributed by atoms with Crippen LogP contribution in [0.2, 0.25) is 0 Å². The first-order chi connectivity index (χ1) is 11.5. The second kappa shape index (κ2) is 22.5. The molecule has 0 bridgehead atoms. The summed E-state index contributed by atoms with van der Waals surface area (Å²) in [6.07, 6.45) is 11.8. The van der Waals surface area contributed by atoms with E-state index in [2.05, 4.69) is 34.6 Å². The molecular formula is C20H43Nd2O3P. The molecule has 3 nitrogen and oxygen atoms in total. The topological polar surface area (TPSA) is 35.5 Å². The van der Waals surface area contributed by atoms with Crippen molar-refractivity contribution in [2.24, 2.45) is 11.8 Å². The molecule has 2 atom stereocenters. The van der Waals surface area contributed by atoms with Gasteiger partial charge in [0.2, 0.25) is 0 Å².